The van der Waals surface area contributed by atoms with Gasteiger partial charge in [-0.1, -0.05) is 37.3 Å². The minimum atomic E-state index is -0.848. The van der Waals surface area contributed by atoms with E-state index in [1.165, 1.54) is 0 Å². The highest BCUT2D eigenvalue weighted by molar-refractivity contribution is 5.95. The first-order chi connectivity index (χ1) is 13.4. The van der Waals surface area contributed by atoms with Gasteiger partial charge in [0.2, 0.25) is 5.96 Å². The highest BCUT2D eigenvalue weighted by atomic mass is 16.4. The van der Waals surface area contributed by atoms with Gasteiger partial charge in [0.25, 0.3) is 5.91 Å². The average molecular weight is 379 g/mol. The predicted octanol–water partition coefficient (Wildman–Crippen LogP) is 2.21. The third-order valence-corrected chi connectivity index (χ3v) is 4.00. The zero-order chi connectivity index (χ0) is 20.5. The van der Waals surface area contributed by atoms with Crippen molar-refractivity contribution in [3.05, 3.63) is 65.2 Å². The van der Waals surface area contributed by atoms with Gasteiger partial charge in [-0.15, -0.1) is 0 Å². The van der Waals surface area contributed by atoms with Crippen LogP contribution in [0.15, 0.2) is 53.5 Å². The molecule has 2 rings (SSSR count). The molecule has 0 saturated heterocycles. The summed E-state index contributed by atoms with van der Waals surface area (Å²) in [6.45, 7) is 2.16. The normalized spacial score (nSPS) is 11.9. The number of guanidine groups is 1. The Hall–Kier alpha value is -3.86. The van der Waals surface area contributed by atoms with E-state index in [4.69, 9.17) is 16.1 Å². The van der Waals surface area contributed by atoms with Gasteiger partial charge in [0.1, 0.15) is 0 Å². The number of amides is 1. The molecule has 0 aromatic heterocycles. The summed E-state index contributed by atoms with van der Waals surface area (Å²) in [6.07, 6.45) is 1.72. The van der Waals surface area contributed by atoms with Crippen molar-refractivity contribution < 1.29 is 14.7 Å². The Morgan fingerprint density at radius 1 is 1.25 bits per heavy atom. The molecule has 2 aromatic rings. The SMILES string of the molecule is CC(CC(=O)O)c1cccc(CNC(=O)c2cccc(N=C(N)NC#N)c2)c1. The Labute approximate surface area is 162 Å². The zero-order valence-corrected chi connectivity index (χ0v) is 15.3. The molecule has 0 radical (unpaired) electrons. The number of aliphatic carboxylic acids is 1. The summed E-state index contributed by atoms with van der Waals surface area (Å²) in [5.41, 5.74) is 8.15. The highest BCUT2D eigenvalue weighted by Gasteiger charge is 2.11. The lowest BCUT2D eigenvalue weighted by atomic mass is 9.96. The van der Waals surface area contributed by atoms with Gasteiger partial charge in [-0.2, -0.15) is 5.26 Å². The maximum atomic E-state index is 12.4. The molecule has 1 atom stereocenters. The Kier molecular flexibility index (Phi) is 7.11. The number of nitriles is 1. The molecule has 2 aromatic carbocycles. The third kappa shape index (κ3) is 6.14. The first-order valence-corrected chi connectivity index (χ1v) is 8.57. The van der Waals surface area contributed by atoms with Crippen LogP contribution in [0.1, 0.15) is 40.7 Å². The Balaban J connectivity index is 2.04. The van der Waals surface area contributed by atoms with E-state index < -0.39 is 5.97 Å². The minimum Gasteiger partial charge on any atom is -0.481 e. The Morgan fingerprint density at radius 2 is 2.00 bits per heavy atom. The second-order valence-electron chi connectivity index (χ2n) is 6.21. The van der Waals surface area contributed by atoms with E-state index in [2.05, 4.69) is 15.6 Å². The number of nitrogens with one attached hydrogen (secondary N) is 2. The summed E-state index contributed by atoms with van der Waals surface area (Å²) in [5.74, 6) is -1.31. The van der Waals surface area contributed by atoms with Crippen molar-refractivity contribution in [3.63, 3.8) is 0 Å². The molecule has 0 aliphatic carbocycles. The topological polar surface area (TPSA) is 141 Å². The number of carbonyl (C=O) groups excluding carboxylic acids is 1. The first kappa shape index (κ1) is 20.5. The second kappa shape index (κ2) is 9.73. The monoisotopic (exact) mass is 379 g/mol. The predicted molar refractivity (Wildman–Crippen MR) is 105 cm³/mol. The summed E-state index contributed by atoms with van der Waals surface area (Å²) < 4.78 is 0. The van der Waals surface area contributed by atoms with E-state index in [1.54, 1.807) is 30.5 Å². The fourth-order valence-electron chi connectivity index (χ4n) is 2.61. The number of benzene rings is 2. The van der Waals surface area contributed by atoms with Crippen molar-refractivity contribution >= 4 is 23.5 Å². The van der Waals surface area contributed by atoms with Crippen LogP contribution < -0.4 is 16.4 Å². The molecular weight excluding hydrogens is 358 g/mol. The minimum absolute atomic E-state index is 0.0485. The molecule has 1 amide bonds. The lowest BCUT2D eigenvalue weighted by Crippen LogP contribution is -2.26. The van der Waals surface area contributed by atoms with Crippen LogP contribution in [0.5, 0.6) is 0 Å². The van der Waals surface area contributed by atoms with Gasteiger partial charge in [-0.3, -0.25) is 14.9 Å². The van der Waals surface area contributed by atoms with E-state index in [0.717, 1.165) is 11.1 Å². The lowest BCUT2D eigenvalue weighted by molar-refractivity contribution is -0.137. The summed E-state index contributed by atoms with van der Waals surface area (Å²) >= 11 is 0. The molecule has 144 valence electrons. The molecule has 28 heavy (non-hydrogen) atoms. The van der Waals surface area contributed by atoms with Crippen molar-refractivity contribution in [1.29, 1.82) is 5.26 Å². The molecule has 5 N–H and O–H groups in total. The first-order valence-electron chi connectivity index (χ1n) is 8.57. The number of aliphatic imine (C=N–C) groups is 1. The van der Waals surface area contributed by atoms with Crippen LogP contribution >= 0.6 is 0 Å². The summed E-state index contributed by atoms with van der Waals surface area (Å²) in [5, 5.41) is 22.5. The maximum absolute atomic E-state index is 12.4. The Morgan fingerprint density at radius 3 is 2.71 bits per heavy atom. The van der Waals surface area contributed by atoms with E-state index in [0.29, 0.717) is 17.8 Å². The van der Waals surface area contributed by atoms with Gasteiger partial charge >= 0.3 is 5.97 Å². The van der Waals surface area contributed by atoms with Crippen LogP contribution in [0.4, 0.5) is 5.69 Å². The van der Waals surface area contributed by atoms with Crippen LogP contribution in [-0.4, -0.2) is 22.9 Å². The molecule has 8 nitrogen and oxygen atoms in total. The number of nitrogens with zero attached hydrogens (tertiary/aromatic N) is 2. The molecule has 1 unspecified atom stereocenters. The third-order valence-electron chi connectivity index (χ3n) is 4.00. The van der Waals surface area contributed by atoms with Gasteiger partial charge in [0.15, 0.2) is 6.19 Å². The van der Waals surface area contributed by atoms with Crippen LogP contribution in [0.25, 0.3) is 0 Å². The molecule has 0 spiro atoms. The largest absolute Gasteiger partial charge is 0.481 e. The summed E-state index contributed by atoms with van der Waals surface area (Å²) in [4.78, 5) is 27.3. The van der Waals surface area contributed by atoms with Gasteiger partial charge in [-0.05, 0) is 35.2 Å². The number of nitrogens with two attached hydrogens (primary N) is 1. The van der Waals surface area contributed by atoms with Crippen LogP contribution in [0.3, 0.4) is 0 Å². The smallest absolute Gasteiger partial charge is 0.303 e. The number of carboxylic acids is 1. The molecule has 0 saturated carbocycles. The molecule has 0 fully saturated rings. The summed E-state index contributed by atoms with van der Waals surface area (Å²) in [7, 11) is 0. The highest BCUT2D eigenvalue weighted by Crippen LogP contribution is 2.20. The fraction of sp³-hybridized carbons (Fsp3) is 0.200. The number of carbonyl (C=O) groups is 2. The number of hydrogen-bond donors (Lipinski definition) is 4. The molecular formula is C20H21N5O3. The van der Waals surface area contributed by atoms with E-state index >= 15 is 0 Å². The second-order valence-corrected chi connectivity index (χ2v) is 6.21. The van der Waals surface area contributed by atoms with E-state index in [1.807, 2.05) is 31.2 Å². The Bertz CT molecular complexity index is 933. The van der Waals surface area contributed by atoms with Crippen LogP contribution in [0, 0.1) is 11.5 Å². The summed E-state index contributed by atoms with van der Waals surface area (Å²) in [6, 6.07) is 14.0. The van der Waals surface area contributed by atoms with Crippen molar-refractivity contribution in [3.8, 4) is 6.19 Å². The standard InChI is InChI=1S/C20H21N5O3/c1-13(8-18(26)27)15-5-2-4-14(9-15)11-23-19(28)16-6-3-7-17(10-16)25-20(22)24-12-21/h2-7,9-10,13H,8,11H2,1H3,(H,23,28)(H,26,27)(H3,22,24,25). The van der Waals surface area contributed by atoms with E-state index in [-0.39, 0.29) is 24.2 Å². The molecule has 0 heterocycles. The number of rotatable bonds is 7. The van der Waals surface area contributed by atoms with Gasteiger partial charge < -0.3 is 16.2 Å². The molecule has 0 aliphatic heterocycles. The molecule has 0 bridgehead atoms. The number of carboxylic acid groups (broad SMARTS) is 1. The van der Waals surface area contributed by atoms with Gasteiger partial charge in [-0.25, -0.2) is 4.99 Å². The fourth-order valence-corrected chi connectivity index (χ4v) is 2.61. The van der Waals surface area contributed by atoms with E-state index in [9.17, 15) is 9.59 Å². The van der Waals surface area contributed by atoms with Crippen LogP contribution in [0.2, 0.25) is 0 Å². The van der Waals surface area contributed by atoms with Crippen molar-refractivity contribution in [1.82, 2.24) is 10.6 Å². The zero-order valence-electron chi connectivity index (χ0n) is 15.3. The van der Waals surface area contributed by atoms with Crippen LogP contribution in [-0.2, 0) is 11.3 Å². The van der Waals surface area contributed by atoms with Gasteiger partial charge in [0.05, 0.1) is 12.1 Å². The van der Waals surface area contributed by atoms with Crippen molar-refractivity contribution in [2.45, 2.75) is 25.8 Å². The maximum Gasteiger partial charge on any atom is 0.303 e. The quantitative estimate of drug-likeness (QED) is 0.252. The average Bonchev–Trinajstić information content (AvgIpc) is 2.66. The van der Waals surface area contributed by atoms with Crippen molar-refractivity contribution in [2.24, 2.45) is 10.7 Å². The lowest BCUT2D eigenvalue weighted by Gasteiger charge is -2.12. The van der Waals surface area contributed by atoms with Gasteiger partial charge in [0, 0.05) is 12.1 Å². The molecule has 0 aliphatic rings. The molecule has 8 heteroatoms. The number of hydrogen-bond acceptors (Lipinski definition) is 4. The van der Waals surface area contributed by atoms with Crippen molar-refractivity contribution in [2.75, 3.05) is 0 Å².